The molecule has 2 aromatic heterocycles. The van der Waals surface area contributed by atoms with E-state index < -0.39 is 18.4 Å². The smallest absolute Gasteiger partial charge is 0.338 e. The van der Waals surface area contributed by atoms with E-state index in [1.807, 2.05) is 29.7 Å². The van der Waals surface area contributed by atoms with Crippen molar-refractivity contribution in [2.45, 2.75) is 13.8 Å². The largest absolute Gasteiger partial charge is 0.494 e. The molecule has 0 saturated carbocycles. The number of aromatic nitrogens is 2. The first-order chi connectivity index (χ1) is 13.4. The van der Waals surface area contributed by atoms with E-state index >= 15 is 0 Å². The Balaban J connectivity index is 1.74. The van der Waals surface area contributed by atoms with Crippen LogP contribution >= 0.6 is 0 Å². The van der Waals surface area contributed by atoms with Gasteiger partial charge in [-0.1, -0.05) is 6.07 Å². The van der Waals surface area contributed by atoms with Gasteiger partial charge in [-0.15, -0.1) is 0 Å². The summed E-state index contributed by atoms with van der Waals surface area (Å²) < 4.78 is 25.5. The van der Waals surface area contributed by atoms with Crippen LogP contribution in [-0.4, -0.2) is 35.0 Å². The number of ketones is 1. The van der Waals surface area contributed by atoms with Crippen LogP contribution in [0.25, 0.3) is 5.82 Å². The maximum atomic E-state index is 13.7. The van der Waals surface area contributed by atoms with Crippen molar-refractivity contribution < 1.29 is 23.5 Å². The summed E-state index contributed by atoms with van der Waals surface area (Å²) in [6.45, 7) is 3.22. The van der Waals surface area contributed by atoms with E-state index in [1.54, 1.807) is 19.2 Å². The maximum Gasteiger partial charge on any atom is 0.338 e. The van der Waals surface area contributed by atoms with Crippen molar-refractivity contribution in [1.82, 2.24) is 9.55 Å². The number of esters is 1. The fourth-order valence-corrected chi connectivity index (χ4v) is 2.97. The normalized spacial score (nSPS) is 10.6. The lowest BCUT2D eigenvalue weighted by atomic mass is 10.1. The highest BCUT2D eigenvalue weighted by Crippen LogP contribution is 2.21. The number of carbonyl (C=O) groups excluding carboxylic acids is 2. The van der Waals surface area contributed by atoms with Crippen molar-refractivity contribution >= 4 is 11.8 Å². The Bertz CT molecular complexity index is 1030. The molecule has 0 fully saturated rings. The minimum Gasteiger partial charge on any atom is -0.494 e. The molecule has 2 heterocycles. The van der Waals surface area contributed by atoms with Crippen LogP contribution in [-0.2, 0) is 4.74 Å². The molecule has 0 N–H and O–H groups in total. The summed E-state index contributed by atoms with van der Waals surface area (Å²) in [4.78, 5) is 29.0. The number of pyridine rings is 1. The third-order valence-corrected chi connectivity index (χ3v) is 4.33. The molecule has 3 aromatic rings. The number of rotatable bonds is 6. The van der Waals surface area contributed by atoms with Crippen LogP contribution in [0.5, 0.6) is 5.75 Å². The first-order valence-electron chi connectivity index (χ1n) is 8.56. The summed E-state index contributed by atoms with van der Waals surface area (Å²) in [5.74, 6) is -1.09. The maximum absolute atomic E-state index is 13.7. The van der Waals surface area contributed by atoms with Gasteiger partial charge < -0.3 is 14.0 Å². The van der Waals surface area contributed by atoms with E-state index in [0.717, 1.165) is 11.8 Å². The van der Waals surface area contributed by atoms with Gasteiger partial charge in [0.15, 0.2) is 18.2 Å². The summed E-state index contributed by atoms with van der Waals surface area (Å²) in [6, 6.07) is 11.0. The molecule has 3 rings (SSSR count). The Morgan fingerprint density at radius 3 is 2.57 bits per heavy atom. The zero-order valence-corrected chi connectivity index (χ0v) is 15.7. The van der Waals surface area contributed by atoms with Gasteiger partial charge in [0.25, 0.3) is 0 Å². The van der Waals surface area contributed by atoms with Crippen molar-refractivity contribution in [2.75, 3.05) is 13.7 Å². The van der Waals surface area contributed by atoms with Crippen LogP contribution in [0.1, 0.15) is 32.1 Å². The van der Waals surface area contributed by atoms with Gasteiger partial charge in [0.05, 0.1) is 12.7 Å². The fraction of sp³-hybridized carbons (Fsp3) is 0.190. The number of methoxy groups -OCH3 is 1. The Morgan fingerprint density at radius 2 is 1.93 bits per heavy atom. The summed E-state index contributed by atoms with van der Waals surface area (Å²) in [7, 11) is 1.33. The van der Waals surface area contributed by atoms with E-state index in [9.17, 15) is 14.0 Å². The molecule has 0 amide bonds. The minimum absolute atomic E-state index is 0.00468. The molecule has 0 radical (unpaired) electrons. The molecule has 6 nitrogen and oxygen atoms in total. The van der Waals surface area contributed by atoms with E-state index in [0.29, 0.717) is 17.1 Å². The minimum atomic E-state index is -0.784. The van der Waals surface area contributed by atoms with Crippen molar-refractivity contribution in [2.24, 2.45) is 0 Å². The molecule has 7 heteroatoms. The molecule has 0 aliphatic heterocycles. The van der Waals surface area contributed by atoms with E-state index in [1.165, 1.54) is 19.2 Å². The van der Waals surface area contributed by atoms with Crippen molar-refractivity contribution in [3.8, 4) is 11.6 Å². The topological polar surface area (TPSA) is 70.4 Å². The molecule has 0 bridgehead atoms. The standard InChI is InChI=1S/C21H19FN2O4/c1-13-10-16(14(2)24(13)20-6-4-5-9-23-20)18(25)12-28-21(26)15-7-8-19(27-3)17(22)11-15/h4-11H,12H2,1-3H3. The SMILES string of the molecule is COc1ccc(C(=O)OCC(=O)c2cc(C)n(-c3ccccn3)c2C)cc1F. The summed E-state index contributed by atoms with van der Waals surface area (Å²) in [5, 5.41) is 0. The van der Waals surface area contributed by atoms with Gasteiger partial charge in [-0.05, 0) is 50.2 Å². The Labute approximate surface area is 161 Å². The second kappa shape index (κ2) is 8.04. The molecular formula is C21H19FN2O4. The predicted molar refractivity (Wildman–Crippen MR) is 101 cm³/mol. The zero-order valence-electron chi connectivity index (χ0n) is 15.7. The van der Waals surface area contributed by atoms with E-state index in [4.69, 9.17) is 9.47 Å². The molecule has 0 saturated heterocycles. The van der Waals surface area contributed by atoms with E-state index in [-0.39, 0.29) is 17.1 Å². The number of halogens is 1. The predicted octanol–water partition coefficient (Wildman–Crippen LogP) is 3.68. The first kappa shape index (κ1) is 19.3. The van der Waals surface area contributed by atoms with Crippen LogP contribution in [0.4, 0.5) is 4.39 Å². The highest BCUT2D eigenvalue weighted by Gasteiger charge is 2.19. The highest BCUT2D eigenvalue weighted by atomic mass is 19.1. The van der Waals surface area contributed by atoms with Gasteiger partial charge in [-0.25, -0.2) is 14.2 Å². The van der Waals surface area contributed by atoms with Gasteiger partial charge in [0, 0.05) is 23.1 Å². The molecule has 0 atom stereocenters. The van der Waals surface area contributed by atoms with Gasteiger partial charge in [0.2, 0.25) is 5.78 Å². The second-order valence-corrected chi connectivity index (χ2v) is 6.16. The Kier molecular flexibility index (Phi) is 5.54. The van der Waals surface area contributed by atoms with Crippen LogP contribution < -0.4 is 4.74 Å². The van der Waals surface area contributed by atoms with Crippen molar-refractivity contribution in [1.29, 1.82) is 0 Å². The molecular weight excluding hydrogens is 363 g/mol. The molecule has 0 unspecified atom stereocenters. The van der Waals surface area contributed by atoms with Gasteiger partial charge in [-0.3, -0.25) is 4.79 Å². The lowest BCUT2D eigenvalue weighted by Gasteiger charge is -2.09. The number of ether oxygens (including phenoxy) is 2. The van der Waals surface area contributed by atoms with E-state index in [2.05, 4.69) is 4.98 Å². The fourth-order valence-electron chi connectivity index (χ4n) is 2.97. The number of carbonyl (C=O) groups is 2. The summed E-state index contributed by atoms with van der Waals surface area (Å²) in [5.41, 5.74) is 1.98. The van der Waals surface area contributed by atoms with Gasteiger partial charge in [0.1, 0.15) is 5.82 Å². The summed E-state index contributed by atoms with van der Waals surface area (Å²) in [6.07, 6.45) is 1.67. The first-order valence-corrected chi connectivity index (χ1v) is 8.56. The average Bonchev–Trinajstić information content (AvgIpc) is 3.00. The van der Waals surface area contributed by atoms with Crippen molar-refractivity contribution in [3.05, 3.63) is 77.0 Å². The molecule has 0 aliphatic carbocycles. The second-order valence-electron chi connectivity index (χ2n) is 6.16. The van der Waals surface area contributed by atoms with Crippen molar-refractivity contribution in [3.63, 3.8) is 0 Å². The molecule has 144 valence electrons. The highest BCUT2D eigenvalue weighted by molar-refractivity contribution is 6.00. The third kappa shape index (κ3) is 3.78. The lowest BCUT2D eigenvalue weighted by Crippen LogP contribution is -2.15. The third-order valence-electron chi connectivity index (χ3n) is 4.33. The number of hydrogen-bond acceptors (Lipinski definition) is 5. The van der Waals surface area contributed by atoms with Crippen LogP contribution in [0.3, 0.4) is 0 Å². The van der Waals surface area contributed by atoms with Gasteiger partial charge >= 0.3 is 5.97 Å². The molecule has 0 aliphatic rings. The molecule has 0 spiro atoms. The molecule has 1 aromatic carbocycles. The summed E-state index contributed by atoms with van der Waals surface area (Å²) >= 11 is 0. The molecule has 28 heavy (non-hydrogen) atoms. The number of nitrogens with zero attached hydrogens (tertiary/aromatic N) is 2. The zero-order chi connectivity index (χ0) is 20.3. The average molecular weight is 382 g/mol. The number of hydrogen-bond donors (Lipinski definition) is 0. The Hall–Kier alpha value is -3.48. The number of Topliss-reactive ketones (excluding diaryl/α,β-unsaturated/α-hetero) is 1. The number of benzene rings is 1. The lowest BCUT2D eigenvalue weighted by molar-refractivity contribution is 0.0474. The van der Waals surface area contributed by atoms with Crippen LogP contribution in [0.2, 0.25) is 0 Å². The van der Waals surface area contributed by atoms with Gasteiger partial charge in [-0.2, -0.15) is 0 Å². The number of aryl methyl sites for hydroxylation is 1. The quantitative estimate of drug-likeness (QED) is 0.480. The van der Waals surface area contributed by atoms with Crippen LogP contribution in [0.15, 0.2) is 48.7 Å². The van der Waals surface area contributed by atoms with Crippen LogP contribution in [0, 0.1) is 19.7 Å². The Morgan fingerprint density at radius 1 is 1.14 bits per heavy atom. The monoisotopic (exact) mass is 382 g/mol.